The van der Waals surface area contributed by atoms with Crippen LogP contribution >= 0.6 is 7.92 Å². The first-order valence-corrected chi connectivity index (χ1v) is 9.94. The predicted molar refractivity (Wildman–Crippen MR) is 116 cm³/mol. The lowest BCUT2D eigenvalue weighted by Crippen LogP contribution is -2.20. The number of benzene rings is 4. The summed E-state index contributed by atoms with van der Waals surface area (Å²) in [6, 6.07) is 41.8. The molecule has 0 aliphatic carbocycles. The maximum atomic E-state index is 5.36. The van der Waals surface area contributed by atoms with Crippen molar-refractivity contribution in [3.8, 4) is 0 Å². The molecule has 0 aromatic heterocycles. The molecule has 0 aliphatic heterocycles. The van der Waals surface area contributed by atoms with Crippen molar-refractivity contribution < 1.29 is 0 Å². The van der Waals surface area contributed by atoms with Gasteiger partial charge < -0.3 is 5.73 Å². The van der Waals surface area contributed by atoms with Crippen LogP contribution in [0.25, 0.3) is 0 Å². The fraction of sp³-hybridized carbons (Fsp3) is 0. The summed E-state index contributed by atoms with van der Waals surface area (Å²) >= 11 is 0. The van der Waals surface area contributed by atoms with E-state index in [1.165, 1.54) is 15.9 Å². The highest BCUT2D eigenvalue weighted by atomic mass is 31.1. The summed E-state index contributed by atoms with van der Waals surface area (Å²) < 4.78 is 0. The van der Waals surface area contributed by atoms with Crippen LogP contribution in [0.15, 0.2) is 121 Å². The van der Waals surface area contributed by atoms with E-state index in [1.807, 2.05) is 30.3 Å². The van der Waals surface area contributed by atoms with Gasteiger partial charge in [-0.1, -0.05) is 109 Å². The maximum Gasteiger partial charge on any atom is 0.0313 e. The van der Waals surface area contributed by atoms with Gasteiger partial charge in [0, 0.05) is 5.69 Å². The third kappa shape index (κ3) is 5.05. The van der Waals surface area contributed by atoms with Gasteiger partial charge in [-0.05, 0) is 36.0 Å². The Morgan fingerprint density at radius 1 is 0.385 bits per heavy atom. The van der Waals surface area contributed by atoms with Crippen LogP contribution in [-0.4, -0.2) is 0 Å². The first-order chi connectivity index (χ1) is 12.8. The Hall–Kier alpha value is -2.89. The molecule has 0 heterocycles. The Bertz CT molecular complexity index is 784. The van der Waals surface area contributed by atoms with E-state index in [-0.39, 0.29) is 0 Å². The van der Waals surface area contributed by atoms with E-state index in [0.29, 0.717) is 0 Å². The Morgan fingerprint density at radius 2 is 0.654 bits per heavy atom. The minimum Gasteiger partial charge on any atom is -0.399 e. The fourth-order valence-corrected chi connectivity index (χ4v) is 4.94. The highest BCUT2D eigenvalue weighted by Gasteiger charge is 2.14. The monoisotopic (exact) mass is 355 g/mol. The second kappa shape index (κ2) is 9.56. The molecule has 0 fully saturated rings. The van der Waals surface area contributed by atoms with E-state index in [9.17, 15) is 0 Å². The number of nitrogens with two attached hydrogens (primary N) is 1. The number of rotatable bonds is 3. The van der Waals surface area contributed by atoms with Gasteiger partial charge >= 0.3 is 0 Å². The van der Waals surface area contributed by atoms with Crippen LogP contribution in [0, 0.1) is 0 Å². The lowest BCUT2D eigenvalue weighted by atomic mass is 10.3. The summed E-state index contributed by atoms with van der Waals surface area (Å²) in [4.78, 5) is 0. The number of hydrogen-bond donors (Lipinski definition) is 1. The minimum absolute atomic E-state index is 0.446. The van der Waals surface area contributed by atoms with Gasteiger partial charge in [-0.2, -0.15) is 0 Å². The Balaban J connectivity index is 0.000000236. The Labute approximate surface area is 156 Å². The van der Waals surface area contributed by atoms with Gasteiger partial charge in [0.2, 0.25) is 0 Å². The van der Waals surface area contributed by atoms with Crippen molar-refractivity contribution in [1.29, 1.82) is 0 Å². The van der Waals surface area contributed by atoms with Crippen LogP contribution in [-0.2, 0) is 0 Å². The lowest BCUT2D eigenvalue weighted by Gasteiger charge is -2.18. The summed E-state index contributed by atoms with van der Waals surface area (Å²) in [7, 11) is -0.446. The molecule has 0 saturated carbocycles. The molecule has 0 aliphatic rings. The topological polar surface area (TPSA) is 26.0 Å². The molecule has 0 saturated heterocycles. The zero-order chi connectivity index (χ0) is 18.0. The van der Waals surface area contributed by atoms with Gasteiger partial charge in [0.1, 0.15) is 0 Å². The molecule has 0 radical (unpaired) electrons. The molecule has 26 heavy (non-hydrogen) atoms. The number of para-hydroxylation sites is 1. The van der Waals surface area contributed by atoms with Crippen molar-refractivity contribution in [2.75, 3.05) is 5.73 Å². The lowest BCUT2D eigenvalue weighted by molar-refractivity contribution is 1.69. The highest BCUT2D eigenvalue weighted by Crippen LogP contribution is 2.32. The predicted octanol–water partition coefficient (Wildman–Crippen LogP) is 4.71. The summed E-state index contributed by atoms with van der Waals surface area (Å²) in [6.07, 6.45) is 0. The molecule has 4 aromatic carbocycles. The van der Waals surface area contributed by atoms with Gasteiger partial charge in [-0.3, -0.25) is 0 Å². The van der Waals surface area contributed by atoms with Gasteiger partial charge in [0.05, 0.1) is 0 Å². The van der Waals surface area contributed by atoms with Gasteiger partial charge in [-0.15, -0.1) is 0 Å². The van der Waals surface area contributed by atoms with Crippen molar-refractivity contribution >= 4 is 29.5 Å². The zero-order valence-corrected chi connectivity index (χ0v) is 15.5. The van der Waals surface area contributed by atoms with Crippen molar-refractivity contribution in [3.63, 3.8) is 0 Å². The Kier molecular flexibility index (Phi) is 6.59. The average Bonchev–Trinajstić information content (AvgIpc) is 2.72. The molecule has 2 N–H and O–H groups in total. The van der Waals surface area contributed by atoms with Crippen LogP contribution in [0.5, 0.6) is 0 Å². The Morgan fingerprint density at radius 3 is 0.885 bits per heavy atom. The molecule has 0 spiro atoms. The van der Waals surface area contributed by atoms with Gasteiger partial charge in [-0.25, -0.2) is 0 Å². The third-order valence-corrected chi connectivity index (χ3v) is 6.29. The molecule has 2 heteroatoms. The standard InChI is InChI=1S/C18H15P.C6H7N/c1-4-10-16(11-5-1)19(17-12-6-2-7-13-17)18-14-8-3-9-15-18;7-6-4-2-1-3-5-6/h1-15H;1-5H,7H2. The molecule has 0 unspecified atom stereocenters. The van der Waals surface area contributed by atoms with E-state index < -0.39 is 7.92 Å². The number of anilines is 1. The van der Waals surface area contributed by atoms with Crippen LogP contribution in [0.1, 0.15) is 0 Å². The minimum atomic E-state index is -0.446. The van der Waals surface area contributed by atoms with Gasteiger partial charge in [0.25, 0.3) is 0 Å². The normalized spacial score (nSPS) is 10.0. The van der Waals surface area contributed by atoms with E-state index in [4.69, 9.17) is 5.73 Å². The summed E-state index contributed by atoms with van der Waals surface area (Å²) in [5, 5.41) is 4.19. The third-order valence-electron chi connectivity index (χ3n) is 3.84. The fourth-order valence-electron chi connectivity index (χ4n) is 2.63. The first-order valence-electron chi connectivity index (χ1n) is 8.60. The largest absolute Gasteiger partial charge is 0.399 e. The molecule has 0 amide bonds. The number of hydrogen-bond acceptors (Lipinski definition) is 1. The summed E-state index contributed by atoms with van der Waals surface area (Å²) in [5.41, 5.74) is 6.18. The molecular weight excluding hydrogens is 333 g/mol. The summed E-state index contributed by atoms with van der Waals surface area (Å²) in [5.74, 6) is 0. The average molecular weight is 355 g/mol. The van der Waals surface area contributed by atoms with Crippen molar-refractivity contribution in [2.24, 2.45) is 0 Å². The van der Waals surface area contributed by atoms with Crippen LogP contribution < -0.4 is 21.6 Å². The molecule has 1 nitrogen and oxygen atoms in total. The second-order valence-electron chi connectivity index (χ2n) is 5.75. The van der Waals surface area contributed by atoms with E-state index >= 15 is 0 Å². The van der Waals surface area contributed by atoms with Crippen LogP contribution in [0.4, 0.5) is 5.69 Å². The van der Waals surface area contributed by atoms with E-state index in [0.717, 1.165) is 5.69 Å². The van der Waals surface area contributed by atoms with Crippen LogP contribution in [0.2, 0.25) is 0 Å². The molecule has 4 rings (SSSR count). The van der Waals surface area contributed by atoms with Crippen molar-refractivity contribution in [3.05, 3.63) is 121 Å². The maximum absolute atomic E-state index is 5.36. The van der Waals surface area contributed by atoms with Crippen LogP contribution in [0.3, 0.4) is 0 Å². The smallest absolute Gasteiger partial charge is 0.0313 e. The van der Waals surface area contributed by atoms with E-state index in [1.54, 1.807) is 0 Å². The van der Waals surface area contributed by atoms with Gasteiger partial charge in [0.15, 0.2) is 0 Å². The van der Waals surface area contributed by atoms with Crippen molar-refractivity contribution in [2.45, 2.75) is 0 Å². The summed E-state index contributed by atoms with van der Waals surface area (Å²) in [6.45, 7) is 0. The quantitative estimate of drug-likeness (QED) is 0.418. The van der Waals surface area contributed by atoms with Crippen molar-refractivity contribution in [1.82, 2.24) is 0 Å². The molecule has 0 atom stereocenters. The van der Waals surface area contributed by atoms with E-state index in [2.05, 4.69) is 91.0 Å². The molecular formula is C24H22NP. The number of nitrogen functional groups attached to an aromatic ring is 1. The molecule has 128 valence electrons. The second-order valence-corrected chi connectivity index (χ2v) is 7.97. The molecule has 4 aromatic rings. The zero-order valence-electron chi connectivity index (χ0n) is 14.6. The molecule has 0 bridgehead atoms. The SMILES string of the molecule is Nc1ccccc1.c1ccc(P(c2ccccc2)c2ccccc2)cc1. The first kappa shape index (κ1) is 17.9. The highest BCUT2D eigenvalue weighted by molar-refractivity contribution is 7.79.